The van der Waals surface area contributed by atoms with E-state index < -0.39 is 0 Å². The molecule has 0 saturated heterocycles. The maximum Gasteiger partial charge on any atom is 0.224 e. The van der Waals surface area contributed by atoms with Gasteiger partial charge in [0.1, 0.15) is 5.82 Å². The van der Waals surface area contributed by atoms with Gasteiger partial charge in [-0.15, -0.1) is 0 Å². The molecule has 0 bridgehead atoms. The zero-order chi connectivity index (χ0) is 16.2. The van der Waals surface area contributed by atoms with Crippen molar-refractivity contribution in [3.8, 4) is 0 Å². The van der Waals surface area contributed by atoms with E-state index >= 15 is 0 Å². The second-order valence-electron chi connectivity index (χ2n) is 6.72. The minimum absolute atomic E-state index is 0.138. The van der Waals surface area contributed by atoms with E-state index in [-0.39, 0.29) is 18.6 Å². The van der Waals surface area contributed by atoms with Gasteiger partial charge in [0, 0.05) is 31.1 Å². The predicted octanol–water partition coefficient (Wildman–Crippen LogP) is 2.05. The van der Waals surface area contributed by atoms with Crippen LogP contribution in [-0.2, 0) is 24.2 Å². The van der Waals surface area contributed by atoms with Crippen LogP contribution in [0.4, 0.5) is 0 Å². The maximum absolute atomic E-state index is 12.3. The van der Waals surface area contributed by atoms with Crippen molar-refractivity contribution in [2.45, 2.75) is 70.9 Å². The van der Waals surface area contributed by atoms with Crippen LogP contribution >= 0.6 is 0 Å². The van der Waals surface area contributed by atoms with Gasteiger partial charge in [0.25, 0.3) is 0 Å². The summed E-state index contributed by atoms with van der Waals surface area (Å²) in [6.45, 7) is 2.73. The third-order valence-corrected chi connectivity index (χ3v) is 4.98. The van der Waals surface area contributed by atoms with Crippen molar-refractivity contribution in [1.29, 1.82) is 0 Å². The first-order valence-electron chi connectivity index (χ1n) is 8.80. The fourth-order valence-electron chi connectivity index (χ4n) is 3.83. The van der Waals surface area contributed by atoms with Crippen molar-refractivity contribution in [2.75, 3.05) is 6.61 Å². The predicted molar refractivity (Wildman–Crippen MR) is 89.2 cm³/mol. The second kappa shape index (κ2) is 7.30. The number of carbonyl (C=O) groups excluding carboxylic acids is 1. The van der Waals surface area contributed by atoms with E-state index in [4.69, 9.17) is 0 Å². The minimum atomic E-state index is 0.138. The van der Waals surface area contributed by atoms with Gasteiger partial charge in [0.15, 0.2) is 0 Å². The Morgan fingerprint density at radius 3 is 3.04 bits per heavy atom. The van der Waals surface area contributed by atoms with E-state index in [9.17, 15) is 9.90 Å². The van der Waals surface area contributed by atoms with E-state index in [0.29, 0.717) is 13.0 Å². The number of aliphatic hydroxyl groups excluding tert-OH is 1. The topological polar surface area (TPSA) is 67.2 Å². The van der Waals surface area contributed by atoms with Crippen molar-refractivity contribution in [3.05, 3.63) is 28.9 Å². The molecule has 1 unspecified atom stereocenters. The molecule has 0 saturated carbocycles. The summed E-state index contributed by atoms with van der Waals surface area (Å²) in [4.78, 5) is 16.9. The number of imidazole rings is 1. The van der Waals surface area contributed by atoms with Gasteiger partial charge in [0.05, 0.1) is 12.3 Å². The SMILES string of the molecule is Cc1nc2c(n1CCO)CCC(NC(=O)CC1=CCCCC1)C2. The second-order valence-corrected chi connectivity index (χ2v) is 6.72. The molecule has 5 nitrogen and oxygen atoms in total. The van der Waals surface area contributed by atoms with Gasteiger partial charge in [-0.2, -0.15) is 0 Å². The molecule has 126 valence electrons. The molecule has 1 heterocycles. The fraction of sp³-hybridized carbons (Fsp3) is 0.667. The molecule has 1 aromatic rings. The Bertz CT molecular complexity index is 604. The van der Waals surface area contributed by atoms with E-state index in [1.165, 1.54) is 24.1 Å². The van der Waals surface area contributed by atoms with Crippen LogP contribution in [0.2, 0.25) is 0 Å². The first kappa shape index (κ1) is 16.2. The molecule has 23 heavy (non-hydrogen) atoms. The average molecular weight is 317 g/mol. The molecular formula is C18H27N3O2. The van der Waals surface area contributed by atoms with Crippen molar-refractivity contribution in [1.82, 2.24) is 14.9 Å². The molecule has 0 radical (unpaired) electrons. The third-order valence-electron chi connectivity index (χ3n) is 4.98. The zero-order valence-electron chi connectivity index (χ0n) is 14.0. The van der Waals surface area contributed by atoms with Gasteiger partial charge in [-0.1, -0.05) is 11.6 Å². The summed E-state index contributed by atoms with van der Waals surface area (Å²) >= 11 is 0. The van der Waals surface area contributed by atoms with Crippen molar-refractivity contribution < 1.29 is 9.90 Å². The van der Waals surface area contributed by atoms with Gasteiger partial charge in [0.2, 0.25) is 5.91 Å². The molecule has 0 aromatic carbocycles. The molecule has 0 aliphatic heterocycles. The standard InChI is InChI=1S/C18H27N3O2/c1-13-19-16-12-15(7-8-17(16)21(13)9-10-22)20-18(23)11-14-5-3-2-4-6-14/h5,15,22H,2-4,6-12H2,1H3,(H,20,23). The number of amides is 1. The zero-order valence-corrected chi connectivity index (χ0v) is 14.0. The normalized spacial score (nSPS) is 20.8. The van der Waals surface area contributed by atoms with E-state index in [2.05, 4.69) is 20.9 Å². The summed E-state index contributed by atoms with van der Waals surface area (Å²) in [5.74, 6) is 1.11. The van der Waals surface area contributed by atoms with Crippen LogP contribution in [0.25, 0.3) is 0 Å². The molecule has 0 spiro atoms. The number of aliphatic hydroxyl groups is 1. The average Bonchev–Trinajstić information content (AvgIpc) is 2.84. The number of fused-ring (bicyclic) bond motifs is 1. The third kappa shape index (κ3) is 3.83. The van der Waals surface area contributed by atoms with Crippen LogP contribution in [0.1, 0.15) is 55.7 Å². The lowest BCUT2D eigenvalue weighted by molar-refractivity contribution is -0.121. The first-order valence-corrected chi connectivity index (χ1v) is 8.80. The highest BCUT2D eigenvalue weighted by Gasteiger charge is 2.25. The number of aromatic nitrogens is 2. The lowest BCUT2D eigenvalue weighted by Gasteiger charge is -2.24. The molecular weight excluding hydrogens is 290 g/mol. The van der Waals surface area contributed by atoms with Crippen LogP contribution in [0.3, 0.4) is 0 Å². The van der Waals surface area contributed by atoms with Crippen molar-refractivity contribution in [2.24, 2.45) is 0 Å². The Kier molecular flexibility index (Phi) is 5.16. The lowest BCUT2D eigenvalue weighted by atomic mass is 9.94. The summed E-state index contributed by atoms with van der Waals surface area (Å²) < 4.78 is 2.11. The number of rotatable bonds is 5. The monoisotopic (exact) mass is 317 g/mol. The Hall–Kier alpha value is -1.62. The number of hydrogen-bond acceptors (Lipinski definition) is 3. The first-order chi connectivity index (χ1) is 11.2. The highest BCUT2D eigenvalue weighted by atomic mass is 16.3. The lowest BCUT2D eigenvalue weighted by Crippen LogP contribution is -2.39. The van der Waals surface area contributed by atoms with E-state index in [1.807, 2.05) is 6.92 Å². The highest BCUT2D eigenvalue weighted by molar-refractivity contribution is 5.78. The van der Waals surface area contributed by atoms with Crippen LogP contribution in [0.5, 0.6) is 0 Å². The van der Waals surface area contributed by atoms with Crippen LogP contribution in [0.15, 0.2) is 11.6 Å². The van der Waals surface area contributed by atoms with Gasteiger partial charge >= 0.3 is 0 Å². The van der Waals surface area contributed by atoms with Gasteiger partial charge in [-0.25, -0.2) is 4.98 Å². The maximum atomic E-state index is 12.3. The molecule has 0 fully saturated rings. The molecule has 2 aliphatic carbocycles. The Labute approximate surface area is 137 Å². The molecule has 1 amide bonds. The summed E-state index contributed by atoms with van der Waals surface area (Å²) in [6.07, 6.45) is 10.1. The number of allylic oxidation sites excluding steroid dienone is 1. The number of carbonyl (C=O) groups is 1. The number of aryl methyl sites for hydroxylation is 1. The summed E-state index contributed by atoms with van der Waals surface area (Å²) in [7, 11) is 0. The number of nitrogens with one attached hydrogen (secondary N) is 1. The van der Waals surface area contributed by atoms with E-state index in [0.717, 1.165) is 43.6 Å². The minimum Gasteiger partial charge on any atom is -0.395 e. The van der Waals surface area contributed by atoms with Gasteiger partial charge in [-0.3, -0.25) is 4.79 Å². The molecule has 1 atom stereocenters. The van der Waals surface area contributed by atoms with Crippen LogP contribution < -0.4 is 5.32 Å². The Morgan fingerprint density at radius 1 is 1.43 bits per heavy atom. The molecule has 2 aliphatic rings. The number of nitrogens with zero attached hydrogens (tertiary/aromatic N) is 2. The Morgan fingerprint density at radius 2 is 2.30 bits per heavy atom. The summed E-state index contributed by atoms with van der Waals surface area (Å²) in [5.41, 5.74) is 3.62. The molecule has 3 rings (SSSR count). The quantitative estimate of drug-likeness (QED) is 0.817. The largest absolute Gasteiger partial charge is 0.395 e. The molecule has 2 N–H and O–H groups in total. The van der Waals surface area contributed by atoms with Crippen LogP contribution in [0, 0.1) is 6.92 Å². The van der Waals surface area contributed by atoms with Crippen LogP contribution in [-0.4, -0.2) is 33.2 Å². The van der Waals surface area contributed by atoms with Crippen molar-refractivity contribution >= 4 is 5.91 Å². The molecule has 5 heteroatoms. The van der Waals surface area contributed by atoms with Crippen molar-refractivity contribution in [3.63, 3.8) is 0 Å². The highest BCUT2D eigenvalue weighted by Crippen LogP contribution is 2.23. The van der Waals surface area contributed by atoms with Gasteiger partial charge in [-0.05, 0) is 45.4 Å². The fourth-order valence-corrected chi connectivity index (χ4v) is 3.83. The summed E-state index contributed by atoms with van der Waals surface area (Å²) in [5, 5.41) is 12.4. The van der Waals surface area contributed by atoms with E-state index in [1.54, 1.807) is 0 Å². The smallest absolute Gasteiger partial charge is 0.224 e. The number of hydrogen-bond donors (Lipinski definition) is 2. The Balaban J connectivity index is 1.58. The molecule has 1 aromatic heterocycles. The summed E-state index contributed by atoms with van der Waals surface area (Å²) in [6, 6.07) is 0.191. The van der Waals surface area contributed by atoms with Gasteiger partial charge < -0.3 is 15.0 Å².